The Morgan fingerprint density at radius 1 is 1.35 bits per heavy atom. The summed E-state index contributed by atoms with van der Waals surface area (Å²) in [5.74, 6) is -0.544. The Kier molecular flexibility index (Phi) is 5.67. The topological polar surface area (TPSA) is 71.1 Å². The quantitative estimate of drug-likeness (QED) is 0.776. The summed E-state index contributed by atoms with van der Waals surface area (Å²) in [6.07, 6.45) is 4.19. The van der Waals surface area contributed by atoms with Gasteiger partial charge in [-0.15, -0.1) is 0 Å². The number of rotatable bonds is 6. The van der Waals surface area contributed by atoms with E-state index in [2.05, 4.69) is 15.6 Å². The van der Waals surface area contributed by atoms with E-state index in [1.54, 1.807) is 26.2 Å². The van der Waals surface area contributed by atoms with Crippen LogP contribution in [0.3, 0.4) is 0 Å². The van der Waals surface area contributed by atoms with Crippen molar-refractivity contribution in [2.75, 3.05) is 0 Å². The Hall–Kier alpha value is -1.91. The highest BCUT2D eigenvalue weighted by Crippen LogP contribution is 2.16. The fraction of sp³-hybridized carbons (Fsp3) is 0.533. The van der Waals surface area contributed by atoms with E-state index in [4.69, 9.17) is 0 Å². The maximum absolute atomic E-state index is 12.2. The second-order valence-corrected chi connectivity index (χ2v) is 5.45. The Bertz CT molecular complexity index is 457. The fourth-order valence-electron chi connectivity index (χ4n) is 1.52. The van der Waals surface area contributed by atoms with Crippen molar-refractivity contribution in [3.8, 4) is 0 Å². The van der Waals surface area contributed by atoms with E-state index >= 15 is 0 Å². The van der Waals surface area contributed by atoms with Crippen molar-refractivity contribution in [1.29, 1.82) is 0 Å². The molecule has 0 fully saturated rings. The monoisotopic (exact) mass is 277 g/mol. The minimum absolute atomic E-state index is 0.0629. The number of hydrogen-bond acceptors (Lipinski definition) is 3. The minimum atomic E-state index is -1.09. The number of carbonyl (C=O) groups is 2. The van der Waals surface area contributed by atoms with Crippen molar-refractivity contribution in [2.24, 2.45) is 5.41 Å². The molecule has 5 heteroatoms. The molecule has 2 amide bonds. The zero-order valence-electron chi connectivity index (χ0n) is 12.6. The molecule has 20 heavy (non-hydrogen) atoms. The van der Waals surface area contributed by atoms with Gasteiger partial charge in [-0.3, -0.25) is 14.6 Å². The van der Waals surface area contributed by atoms with Gasteiger partial charge in [0.25, 0.3) is 0 Å². The van der Waals surface area contributed by atoms with E-state index in [9.17, 15) is 9.59 Å². The van der Waals surface area contributed by atoms with Crippen LogP contribution in [0, 0.1) is 5.41 Å². The lowest BCUT2D eigenvalue weighted by Crippen LogP contribution is -2.49. The van der Waals surface area contributed by atoms with Gasteiger partial charge in [0.2, 0.25) is 11.8 Å². The van der Waals surface area contributed by atoms with Crippen LogP contribution in [0.1, 0.15) is 39.7 Å². The van der Waals surface area contributed by atoms with Crippen LogP contribution in [0.4, 0.5) is 0 Å². The average Bonchev–Trinajstić information content (AvgIpc) is 2.45. The highest BCUT2D eigenvalue weighted by molar-refractivity contribution is 6.04. The zero-order chi connectivity index (χ0) is 15.2. The first kappa shape index (κ1) is 16.1. The lowest BCUT2D eigenvalue weighted by atomic mass is 9.90. The molecule has 2 N–H and O–H groups in total. The average molecular weight is 277 g/mol. The number of aromatic nitrogens is 1. The lowest BCUT2D eigenvalue weighted by Gasteiger charge is -2.24. The van der Waals surface area contributed by atoms with Crippen LogP contribution in [-0.2, 0) is 16.1 Å². The number of amides is 2. The summed E-state index contributed by atoms with van der Waals surface area (Å²) < 4.78 is 0. The summed E-state index contributed by atoms with van der Waals surface area (Å²) in [7, 11) is 0. The predicted molar refractivity (Wildman–Crippen MR) is 77.8 cm³/mol. The van der Waals surface area contributed by atoms with Gasteiger partial charge in [0.1, 0.15) is 5.41 Å². The van der Waals surface area contributed by atoms with Crippen molar-refractivity contribution in [3.63, 3.8) is 0 Å². The molecule has 0 radical (unpaired) electrons. The van der Waals surface area contributed by atoms with E-state index in [-0.39, 0.29) is 17.9 Å². The second-order valence-electron chi connectivity index (χ2n) is 5.45. The summed E-state index contributed by atoms with van der Waals surface area (Å²) in [6.45, 7) is 7.53. The first-order chi connectivity index (χ1) is 9.37. The third-order valence-electron chi connectivity index (χ3n) is 3.30. The Labute approximate surface area is 120 Å². The van der Waals surface area contributed by atoms with Crippen molar-refractivity contribution in [1.82, 2.24) is 15.6 Å². The maximum atomic E-state index is 12.2. The molecule has 1 unspecified atom stereocenters. The molecule has 0 aliphatic carbocycles. The van der Waals surface area contributed by atoms with Crippen LogP contribution >= 0.6 is 0 Å². The number of pyridine rings is 1. The van der Waals surface area contributed by atoms with Crippen LogP contribution in [0.2, 0.25) is 0 Å². The second kappa shape index (κ2) is 7.03. The van der Waals surface area contributed by atoms with E-state index < -0.39 is 5.41 Å². The van der Waals surface area contributed by atoms with Crippen molar-refractivity contribution < 1.29 is 9.59 Å². The van der Waals surface area contributed by atoms with Gasteiger partial charge in [0.15, 0.2) is 0 Å². The van der Waals surface area contributed by atoms with Gasteiger partial charge in [-0.2, -0.15) is 0 Å². The maximum Gasteiger partial charge on any atom is 0.235 e. The van der Waals surface area contributed by atoms with Crippen LogP contribution in [-0.4, -0.2) is 22.8 Å². The number of hydrogen-bond donors (Lipinski definition) is 2. The van der Waals surface area contributed by atoms with Gasteiger partial charge in [0.05, 0.1) is 0 Å². The van der Waals surface area contributed by atoms with Gasteiger partial charge in [-0.05, 0) is 38.8 Å². The Morgan fingerprint density at radius 3 is 2.60 bits per heavy atom. The molecule has 0 bridgehead atoms. The van der Waals surface area contributed by atoms with Crippen LogP contribution in [0.15, 0.2) is 24.5 Å². The van der Waals surface area contributed by atoms with Crippen LogP contribution in [0.5, 0.6) is 0 Å². The molecule has 1 atom stereocenters. The summed E-state index contributed by atoms with van der Waals surface area (Å²) in [6, 6.07) is 3.75. The van der Waals surface area contributed by atoms with E-state index in [1.165, 1.54) is 0 Å². The zero-order valence-corrected chi connectivity index (χ0v) is 12.6. The first-order valence-corrected chi connectivity index (χ1v) is 6.86. The molecule has 0 aliphatic rings. The van der Waals surface area contributed by atoms with Crippen LogP contribution < -0.4 is 10.6 Å². The summed E-state index contributed by atoms with van der Waals surface area (Å²) in [5.41, 5.74) is -0.190. The normalized spacial score (nSPS) is 12.6. The molecule has 1 heterocycles. The standard InChI is InChI=1S/C15H23N3O2/c1-5-11(2)18-14(20)15(3,4)13(19)17-10-12-7-6-8-16-9-12/h6-9,11H,5,10H2,1-4H3,(H,17,19)(H,18,20). The fourth-order valence-corrected chi connectivity index (χ4v) is 1.52. The van der Waals surface area contributed by atoms with E-state index in [0.29, 0.717) is 6.54 Å². The molecule has 0 aliphatic heterocycles. The highest BCUT2D eigenvalue weighted by atomic mass is 16.2. The van der Waals surface area contributed by atoms with Gasteiger partial charge in [0, 0.05) is 25.0 Å². The molecular weight excluding hydrogens is 254 g/mol. The SMILES string of the molecule is CCC(C)NC(=O)C(C)(C)C(=O)NCc1cccnc1. The Morgan fingerprint density at radius 2 is 2.05 bits per heavy atom. The summed E-state index contributed by atoms with van der Waals surface area (Å²) in [4.78, 5) is 28.2. The molecule has 0 saturated carbocycles. The summed E-state index contributed by atoms with van der Waals surface area (Å²) >= 11 is 0. The number of nitrogens with zero attached hydrogens (tertiary/aromatic N) is 1. The van der Waals surface area contributed by atoms with Crippen LogP contribution in [0.25, 0.3) is 0 Å². The van der Waals surface area contributed by atoms with Gasteiger partial charge < -0.3 is 10.6 Å². The molecule has 1 aromatic heterocycles. The highest BCUT2D eigenvalue weighted by Gasteiger charge is 2.36. The number of carbonyl (C=O) groups excluding carboxylic acids is 2. The van der Waals surface area contributed by atoms with Gasteiger partial charge in [-0.1, -0.05) is 13.0 Å². The number of nitrogens with one attached hydrogen (secondary N) is 2. The van der Waals surface area contributed by atoms with Crippen molar-refractivity contribution >= 4 is 11.8 Å². The predicted octanol–water partition coefficient (Wildman–Crippen LogP) is 1.64. The molecule has 110 valence electrons. The summed E-state index contributed by atoms with van der Waals surface area (Å²) in [5, 5.41) is 5.61. The minimum Gasteiger partial charge on any atom is -0.353 e. The largest absolute Gasteiger partial charge is 0.353 e. The van der Waals surface area contributed by atoms with E-state index in [1.807, 2.05) is 26.0 Å². The lowest BCUT2D eigenvalue weighted by molar-refractivity contribution is -0.141. The molecule has 0 saturated heterocycles. The first-order valence-electron chi connectivity index (χ1n) is 6.86. The molecule has 0 spiro atoms. The van der Waals surface area contributed by atoms with E-state index in [0.717, 1.165) is 12.0 Å². The smallest absolute Gasteiger partial charge is 0.235 e. The molecule has 0 aromatic carbocycles. The Balaban J connectivity index is 2.58. The molecule has 1 rings (SSSR count). The van der Waals surface area contributed by atoms with Gasteiger partial charge in [-0.25, -0.2) is 0 Å². The van der Waals surface area contributed by atoms with Gasteiger partial charge >= 0.3 is 0 Å². The third kappa shape index (κ3) is 4.33. The van der Waals surface area contributed by atoms with Crippen molar-refractivity contribution in [3.05, 3.63) is 30.1 Å². The third-order valence-corrected chi connectivity index (χ3v) is 3.30. The van der Waals surface area contributed by atoms with Crippen molar-refractivity contribution in [2.45, 2.75) is 46.7 Å². The molecule has 5 nitrogen and oxygen atoms in total. The molecule has 1 aromatic rings. The molecular formula is C15H23N3O2.